The molecule has 0 radical (unpaired) electrons. The predicted octanol–water partition coefficient (Wildman–Crippen LogP) is 2.25. The molecule has 10 nitrogen and oxygen atoms in total. The lowest BCUT2D eigenvalue weighted by atomic mass is 10.1. The number of hydrogen-bond acceptors (Lipinski definition) is 8. The quantitative estimate of drug-likeness (QED) is 0.425. The molecule has 4 rings (SSSR count). The maximum absolute atomic E-state index is 14.4. The van der Waals surface area contributed by atoms with Gasteiger partial charge in [0.2, 0.25) is 0 Å². The van der Waals surface area contributed by atoms with Crippen LogP contribution in [-0.2, 0) is 9.84 Å². The molecule has 35 heavy (non-hydrogen) atoms. The minimum absolute atomic E-state index is 0.0110. The normalized spacial score (nSPS) is 17.2. The van der Waals surface area contributed by atoms with Crippen molar-refractivity contribution in [3.8, 4) is 5.75 Å². The number of piperazine rings is 1. The van der Waals surface area contributed by atoms with Crippen LogP contribution in [0, 0.1) is 21.3 Å². The molecular weight excluding hydrogens is 481 g/mol. The molecule has 0 aromatic heterocycles. The molecule has 0 atom stereocenters. The van der Waals surface area contributed by atoms with Crippen LogP contribution in [0.5, 0.6) is 5.75 Å². The Balaban J connectivity index is 1.51. The molecule has 2 aromatic carbocycles. The van der Waals surface area contributed by atoms with E-state index in [4.69, 9.17) is 4.74 Å². The van der Waals surface area contributed by atoms with Crippen molar-refractivity contribution in [3.05, 3.63) is 57.9 Å². The molecule has 2 fully saturated rings. The average molecular weight is 508 g/mol. The van der Waals surface area contributed by atoms with E-state index in [1.807, 2.05) is 0 Å². The Labute approximate surface area is 202 Å². The first-order valence-electron chi connectivity index (χ1n) is 11.1. The van der Waals surface area contributed by atoms with Crippen molar-refractivity contribution in [1.82, 2.24) is 4.90 Å². The summed E-state index contributed by atoms with van der Waals surface area (Å²) in [5.41, 5.74) is -0.343. The number of benzene rings is 2. The number of ether oxygens (including phenoxy) is 1. The summed E-state index contributed by atoms with van der Waals surface area (Å²) in [6.45, 7) is 1.23. The molecule has 1 heterocycles. The van der Waals surface area contributed by atoms with E-state index < -0.39 is 26.5 Å². The second kappa shape index (κ2) is 9.42. The molecule has 2 aliphatic rings. The summed E-state index contributed by atoms with van der Waals surface area (Å²) in [4.78, 5) is 26.8. The van der Waals surface area contributed by atoms with E-state index in [9.17, 15) is 32.8 Å². The highest BCUT2D eigenvalue weighted by atomic mass is 32.2. The molecule has 0 spiro atoms. The van der Waals surface area contributed by atoms with E-state index in [0.717, 1.165) is 25.2 Å². The molecule has 1 amide bonds. The van der Waals surface area contributed by atoms with Crippen LogP contribution >= 0.6 is 0 Å². The lowest BCUT2D eigenvalue weighted by molar-refractivity contribution is -0.385. The Morgan fingerprint density at radius 1 is 1.17 bits per heavy atom. The second-order valence-electron chi connectivity index (χ2n) is 9.05. The molecule has 1 aliphatic heterocycles. The number of nitro benzene ring substituents is 1. The van der Waals surface area contributed by atoms with Crippen molar-refractivity contribution in [1.29, 1.82) is 0 Å². The highest BCUT2D eigenvalue weighted by molar-refractivity contribution is 7.90. The predicted molar refractivity (Wildman–Crippen MR) is 125 cm³/mol. The number of hydrogen-bond donors (Lipinski definition) is 1. The number of nitrogens with zero attached hydrogens (tertiary/aromatic N) is 3. The zero-order valence-corrected chi connectivity index (χ0v) is 20.0. The van der Waals surface area contributed by atoms with E-state index in [1.165, 1.54) is 35.2 Å². The van der Waals surface area contributed by atoms with Crippen LogP contribution in [0.15, 0.2) is 41.3 Å². The largest absolute Gasteiger partial charge is 0.492 e. The number of halogens is 1. The van der Waals surface area contributed by atoms with Crippen molar-refractivity contribution < 1.29 is 32.4 Å². The summed E-state index contributed by atoms with van der Waals surface area (Å²) in [5.74, 6) is -0.887. The van der Waals surface area contributed by atoms with Gasteiger partial charge in [0.05, 0.1) is 40.3 Å². The number of carbonyl (C=O) groups is 1. The Bertz CT molecular complexity index is 1260. The fourth-order valence-corrected chi connectivity index (χ4v) is 4.62. The minimum atomic E-state index is -3.57. The summed E-state index contributed by atoms with van der Waals surface area (Å²) < 4.78 is 44.4. The monoisotopic (exact) mass is 507 g/mol. The van der Waals surface area contributed by atoms with Gasteiger partial charge in [-0.05, 0) is 37.1 Å². The number of amides is 1. The molecule has 188 valence electrons. The lowest BCUT2D eigenvalue weighted by Gasteiger charge is -2.36. The van der Waals surface area contributed by atoms with E-state index in [0.29, 0.717) is 0 Å². The van der Waals surface area contributed by atoms with Crippen LogP contribution < -0.4 is 9.64 Å². The van der Waals surface area contributed by atoms with E-state index in [2.05, 4.69) is 0 Å². The zero-order chi connectivity index (χ0) is 25.4. The van der Waals surface area contributed by atoms with Gasteiger partial charge in [0.25, 0.3) is 11.6 Å². The molecule has 1 aliphatic carbocycles. The molecular formula is C23H26FN3O7S. The fourth-order valence-electron chi connectivity index (χ4n) is 3.98. The Morgan fingerprint density at radius 3 is 2.40 bits per heavy atom. The first kappa shape index (κ1) is 24.9. The van der Waals surface area contributed by atoms with Crippen LogP contribution in [0.3, 0.4) is 0 Å². The molecule has 0 bridgehead atoms. The smallest absolute Gasteiger partial charge is 0.272 e. The van der Waals surface area contributed by atoms with Gasteiger partial charge in [0.15, 0.2) is 15.7 Å². The third kappa shape index (κ3) is 5.38. The summed E-state index contributed by atoms with van der Waals surface area (Å²) >= 11 is 0. The van der Waals surface area contributed by atoms with Gasteiger partial charge >= 0.3 is 0 Å². The van der Waals surface area contributed by atoms with Crippen LogP contribution in [0.25, 0.3) is 0 Å². The third-order valence-electron chi connectivity index (χ3n) is 6.49. The second-order valence-corrected chi connectivity index (χ2v) is 11.1. The first-order valence-corrected chi connectivity index (χ1v) is 13.0. The zero-order valence-electron chi connectivity index (χ0n) is 19.1. The van der Waals surface area contributed by atoms with Crippen molar-refractivity contribution in [2.24, 2.45) is 5.41 Å². The third-order valence-corrected chi connectivity index (χ3v) is 7.60. The van der Waals surface area contributed by atoms with Gasteiger partial charge in [-0.1, -0.05) is 0 Å². The molecule has 2 aromatic rings. The topological polar surface area (TPSA) is 130 Å². The van der Waals surface area contributed by atoms with Gasteiger partial charge in [-0.15, -0.1) is 0 Å². The highest BCUT2D eigenvalue weighted by Crippen LogP contribution is 2.45. The van der Waals surface area contributed by atoms with Crippen LogP contribution in [0.4, 0.5) is 15.8 Å². The van der Waals surface area contributed by atoms with Gasteiger partial charge < -0.3 is 19.6 Å². The van der Waals surface area contributed by atoms with Gasteiger partial charge in [-0.2, -0.15) is 0 Å². The number of sulfone groups is 1. The van der Waals surface area contributed by atoms with Crippen molar-refractivity contribution in [2.45, 2.75) is 17.7 Å². The standard InChI is InChI=1S/C23H26FN3O7S/c1-35(32,33)17-3-5-21(34-15-23(14-28)6-7-23)18(13-17)22(29)26-10-8-25(9-11-26)20-4-2-16(27(30)31)12-19(20)24/h2-5,12-13,28H,6-11,14-15H2,1H3. The molecule has 12 heteroatoms. The number of non-ortho nitro benzene ring substituents is 1. The summed E-state index contributed by atoms with van der Waals surface area (Å²) in [5, 5.41) is 20.4. The van der Waals surface area contributed by atoms with E-state index >= 15 is 0 Å². The number of nitro groups is 1. The van der Waals surface area contributed by atoms with Crippen LogP contribution in [0.1, 0.15) is 23.2 Å². The number of aliphatic hydroxyl groups excluding tert-OH is 1. The number of rotatable bonds is 8. The van der Waals surface area contributed by atoms with Crippen LogP contribution in [0.2, 0.25) is 0 Å². The SMILES string of the molecule is CS(=O)(=O)c1ccc(OCC2(CO)CC2)c(C(=O)N2CCN(c3ccc([N+](=O)[O-])cc3F)CC2)c1. The van der Waals surface area contributed by atoms with E-state index in [1.54, 1.807) is 4.90 Å². The maximum Gasteiger partial charge on any atom is 0.272 e. The van der Waals surface area contributed by atoms with Gasteiger partial charge in [0.1, 0.15) is 5.75 Å². The first-order chi connectivity index (χ1) is 16.5. The van der Waals surface area contributed by atoms with Gasteiger partial charge in [-0.25, -0.2) is 12.8 Å². The molecule has 1 saturated heterocycles. The fraction of sp³-hybridized carbons (Fsp3) is 0.435. The Kier molecular flexibility index (Phi) is 6.69. The molecule has 1 N–H and O–H groups in total. The lowest BCUT2D eigenvalue weighted by Crippen LogP contribution is -2.49. The van der Waals surface area contributed by atoms with Gasteiger partial charge in [-0.3, -0.25) is 14.9 Å². The highest BCUT2D eigenvalue weighted by Gasteiger charge is 2.43. The maximum atomic E-state index is 14.4. The summed E-state index contributed by atoms with van der Waals surface area (Å²) in [6.07, 6.45) is 2.68. The van der Waals surface area contributed by atoms with Crippen LogP contribution in [-0.4, -0.2) is 74.9 Å². The number of anilines is 1. The summed E-state index contributed by atoms with van der Waals surface area (Å²) in [6, 6.07) is 7.59. The Morgan fingerprint density at radius 2 is 1.86 bits per heavy atom. The van der Waals surface area contributed by atoms with Gasteiger partial charge in [0, 0.05) is 43.9 Å². The Hall–Kier alpha value is -3.25. The molecule has 1 saturated carbocycles. The van der Waals surface area contributed by atoms with Crippen molar-refractivity contribution in [2.75, 3.05) is 50.5 Å². The number of aliphatic hydroxyl groups is 1. The molecule has 0 unspecified atom stereocenters. The minimum Gasteiger partial charge on any atom is -0.492 e. The van der Waals surface area contributed by atoms with Crippen molar-refractivity contribution in [3.63, 3.8) is 0 Å². The van der Waals surface area contributed by atoms with E-state index in [-0.39, 0.29) is 72.4 Å². The average Bonchev–Trinajstić information content (AvgIpc) is 3.62. The number of carbonyl (C=O) groups excluding carboxylic acids is 1. The summed E-state index contributed by atoms with van der Waals surface area (Å²) in [7, 11) is -3.57. The van der Waals surface area contributed by atoms with Crippen molar-refractivity contribution >= 4 is 27.1 Å².